The number of nitrogens with one attached hydrogen (secondary N) is 1. The molecule has 0 aliphatic carbocycles. The summed E-state index contributed by atoms with van der Waals surface area (Å²) in [5.74, 6) is 0.467. The van der Waals surface area contributed by atoms with E-state index >= 15 is 0 Å². The van der Waals surface area contributed by atoms with E-state index in [4.69, 9.17) is 16.3 Å². The van der Waals surface area contributed by atoms with Crippen molar-refractivity contribution < 1.29 is 9.13 Å². The minimum Gasteiger partial charge on any atom is -0.381 e. The van der Waals surface area contributed by atoms with Gasteiger partial charge in [0.2, 0.25) is 0 Å². The lowest BCUT2D eigenvalue weighted by Crippen LogP contribution is -2.16. The van der Waals surface area contributed by atoms with Gasteiger partial charge in [0.1, 0.15) is 5.82 Å². The molecule has 30 heavy (non-hydrogen) atoms. The molecule has 0 spiro atoms. The van der Waals surface area contributed by atoms with Crippen LogP contribution in [0, 0.1) is 11.7 Å². The third-order valence-corrected chi connectivity index (χ3v) is 5.80. The highest BCUT2D eigenvalue weighted by Gasteiger charge is 2.15. The fraction of sp³-hybridized carbons (Fsp3) is 0.333. The molecule has 0 radical (unpaired) electrons. The summed E-state index contributed by atoms with van der Waals surface area (Å²) in [7, 11) is 0. The molecular weight excluding hydrogens is 401 g/mol. The summed E-state index contributed by atoms with van der Waals surface area (Å²) in [6, 6.07) is 10.6. The Labute approximate surface area is 181 Å². The Morgan fingerprint density at radius 3 is 2.80 bits per heavy atom. The van der Waals surface area contributed by atoms with Crippen molar-refractivity contribution >= 4 is 17.3 Å². The van der Waals surface area contributed by atoms with Crippen molar-refractivity contribution in [3.63, 3.8) is 0 Å². The average Bonchev–Trinajstić information content (AvgIpc) is 2.78. The van der Waals surface area contributed by atoms with Gasteiger partial charge in [-0.2, -0.15) is 0 Å². The van der Waals surface area contributed by atoms with Crippen LogP contribution in [0.2, 0.25) is 5.02 Å². The predicted molar refractivity (Wildman–Crippen MR) is 118 cm³/mol. The van der Waals surface area contributed by atoms with E-state index in [-0.39, 0.29) is 5.82 Å². The van der Waals surface area contributed by atoms with E-state index in [0.717, 1.165) is 67.0 Å². The minimum absolute atomic E-state index is 0.238. The molecule has 0 unspecified atom stereocenters. The molecule has 0 amide bonds. The number of benzene rings is 1. The van der Waals surface area contributed by atoms with Crippen LogP contribution in [0.3, 0.4) is 0 Å². The number of hydrogen-bond donors (Lipinski definition) is 1. The maximum absolute atomic E-state index is 13.4. The first-order chi connectivity index (χ1) is 14.7. The molecule has 2 aromatic heterocycles. The molecule has 3 heterocycles. The molecule has 1 aromatic carbocycles. The van der Waals surface area contributed by atoms with Gasteiger partial charge in [0.15, 0.2) is 0 Å². The fourth-order valence-electron chi connectivity index (χ4n) is 3.76. The van der Waals surface area contributed by atoms with Crippen LogP contribution in [0.15, 0.2) is 55.0 Å². The summed E-state index contributed by atoms with van der Waals surface area (Å²) in [4.78, 5) is 8.87. The molecule has 1 aliphatic heterocycles. The standard InChI is InChI=1S/C24H25ClFN3O/c25-24-16-29-21(5-4-17-6-8-30-9-7-17)12-23(24)19-11-22(15-27-14-19)28-13-18-2-1-3-20(26)10-18/h1-3,10-12,14-17,28H,4-9,13H2. The maximum Gasteiger partial charge on any atom is 0.123 e. The monoisotopic (exact) mass is 425 g/mol. The highest BCUT2D eigenvalue weighted by atomic mass is 35.5. The summed E-state index contributed by atoms with van der Waals surface area (Å²) >= 11 is 6.45. The van der Waals surface area contributed by atoms with Crippen molar-refractivity contribution in [3.05, 3.63) is 77.1 Å². The number of rotatable bonds is 7. The van der Waals surface area contributed by atoms with E-state index in [1.165, 1.54) is 12.1 Å². The first kappa shape index (κ1) is 20.8. The first-order valence-corrected chi connectivity index (χ1v) is 10.7. The van der Waals surface area contributed by atoms with Crippen LogP contribution in [0.1, 0.15) is 30.5 Å². The van der Waals surface area contributed by atoms with Crippen LogP contribution >= 0.6 is 11.6 Å². The van der Waals surface area contributed by atoms with Gasteiger partial charge in [-0.3, -0.25) is 9.97 Å². The Hall–Kier alpha value is -2.50. The second kappa shape index (κ2) is 10.0. The van der Waals surface area contributed by atoms with Gasteiger partial charge in [0.05, 0.1) is 10.7 Å². The molecule has 4 rings (SSSR count). The van der Waals surface area contributed by atoms with E-state index in [9.17, 15) is 4.39 Å². The average molecular weight is 426 g/mol. The zero-order chi connectivity index (χ0) is 20.8. The molecule has 0 atom stereocenters. The third-order valence-electron chi connectivity index (χ3n) is 5.50. The van der Waals surface area contributed by atoms with Crippen LogP contribution in [0.5, 0.6) is 0 Å². The van der Waals surface area contributed by atoms with Crippen molar-refractivity contribution in [2.75, 3.05) is 18.5 Å². The fourth-order valence-corrected chi connectivity index (χ4v) is 3.97. The van der Waals surface area contributed by atoms with Gasteiger partial charge in [0.25, 0.3) is 0 Å². The predicted octanol–water partition coefficient (Wildman–Crippen LogP) is 5.91. The van der Waals surface area contributed by atoms with Crippen LogP contribution < -0.4 is 5.32 Å². The Morgan fingerprint density at radius 1 is 1.10 bits per heavy atom. The largest absolute Gasteiger partial charge is 0.381 e. The van der Waals surface area contributed by atoms with Gasteiger partial charge in [0, 0.05) is 55.2 Å². The minimum atomic E-state index is -0.238. The highest BCUT2D eigenvalue weighted by molar-refractivity contribution is 6.33. The molecule has 1 N–H and O–H groups in total. The SMILES string of the molecule is Fc1cccc(CNc2cncc(-c3cc(CCC4CCOCC4)ncc3Cl)c2)c1. The summed E-state index contributed by atoms with van der Waals surface area (Å²) in [5.41, 5.74) is 4.62. The molecule has 4 nitrogen and oxygen atoms in total. The number of aromatic nitrogens is 2. The number of ether oxygens (including phenoxy) is 1. The summed E-state index contributed by atoms with van der Waals surface area (Å²) < 4.78 is 18.8. The van der Waals surface area contributed by atoms with Gasteiger partial charge < -0.3 is 10.1 Å². The first-order valence-electron chi connectivity index (χ1n) is 10.3. The summed E-state index contributed by atoms with van der Waals surface area (Å²) in [6.07, 6.45) is 9.58. The molecule has 156 valence electrons. The molecule has 1 saturated heterocycles. The van der Waals surface area contributed by atoms with Gasteiger partial charge in [-0.25, -0.2) is 4.39 Å². The van der Waals surface area contributed by atoms with Crippen LogP contribution in [0.4, 0.5) is 10.1 Å². The van der Waals surface area contributed by atoms with E-state index in [1.807, 2.05) is 12.1 Å². The lowest BCUT2D eigenvalue weighted by Gasteiger charge is -2.21. The zero-order valence-corrected chi connectivity index (χ0v) is 17.5. The number of halogens is 2. The second-order valence-corrected chi connectivity index (χ2v) is 8.10. The summed E-state index contributed by atoms with van der Waals surface area (Å²) in [5, 5.41) is 3.91. The smallest absolute Gasteiger partial charge is 0.123 e. The normalized spacial score (nSPS) is 14.6. The number of nitrogens with zero attached hydrogens (tertiary/aromatic N) is 2. The van der Waals surface area contributed by atoms with E-state index < -0.39 is 0 Å². The van der Waals surface area contributed by atoms with E-state index in [0.29, 0.717) is 17.5 Å². The molecule has 1 aliphatic rings. The summed E-state index contributed by atoms with van der Waals surface area (Å²) in [6.45, 7) is 2.25. The van der Waals surface area contributed by atoms with Gasteiger partial charge in [-0.15, -0.1) is 0 Å². The van der Waals surface area contributed by atoms with Crippen LogP contribution in [0.25, 0.3) is 11.1 Å². The molecule has 0 saturated carbocycles. The zero-order valence-electron chi connectivity index (χ0n) is 16.8. The van der Waals surface area contributed by atoms with Crippen LogP contribution in [-0.2, 0) is 17.7 Å². The topological polar surface area (TPSA) is 47.0 Å². The molecule has 0 bridgehead atoms. The molecule has 1 fully saturated rings. The highest BCUT2D eigenvalue weighted by Crippen LogP contribution is 2.30. The third kappa shape index (κ3) is 5.55. The molecule has 3 aromatic rings. The van der Waals surface area contributed by atoms with Crippen molar-refractivity contribution in [1.29, 1.82) is 0 Å². The number of aryl methyl sites for hydroxylation is 1. The van der Waals surface area contributed by atoms with Crippen LogP contribution in [-0.4, -0.2) is 23.2 Å². The number of pyridine rings is 2. The van der Waals surface area contributed by atoms with Gasteiger partial charge in [-0.05, 0) is 61.4 Å². The Kier molecular flexibility index (Phi) is 6.92. The van der Waals surface area contributed by atoms with Gasteiger partial charge >= 0.3 is 0 Å². The Morgan fingerprint density at radius 2 is 1.97 bits per heavy atom. The molecular formula is C24H25ClFN3O. The van der Waals surface area contributed by atoms with Crippen molar-refractivity contribution in [2.45, 2.75) is 32.2 Å². The van der Waals surface area contributed by atoms with E-state index in [2.05, 4.69) is 21.4 Å². The Bertz CT molecular complexity index is 992. The lowest BCUT2D eigenvalue weighted by molar-refractivity contribution is 0.0639. The second-order valence-electron chi connectivity index (χ2n) is 7.70. The van der Waals surface area contributed by atoms with E-state index in [1.54, 1.807) is 24.7 Å². The van der Waals surface area contributed by atoms with Gasteiger partial charge in [-0.1, -0.05) is 23.7 Å². The number of hydrogen-bond acceptors (Lipinski definition) is 4. The number of anilines is 1. The quantitative estimate of drug-likeness (QED) is 0.511. The Balaban J connectivity index is 1.45. The maximum atomic E-state index is 13.4. The van der Waals surface area contributed by atoms with Crippen molar-refractivity contribution in [2.24, 2.45) is 5.92 Å². The van der Waals surface area contributed by atoms with Crippen molar-refractivity contribution in [3.8, 4) is 11.1 Å². The van der Waals surface area contributed by atoms with Crippen molar-refractivity contribution in [1.82, 2.24) is 9.97 Å². The molecule has 6 heteroatoms. The lowest BCUT2D eigenvalue weighted by atomic mass is 9.93.